The molecule has 7 heteroatoms. The van der Waals surface area contributed by atoms with Crippen molar-refractivity contribution < 1.29 is 14.1 Å². The first-order valence-corrected chi connectivity index (χ1v) is 8.15. The van der Waals surface area contributed by atoms with Crippen molar-refractivity contribution in [2.24, 2.45) is 5.73 Å². The van der Waals surface area contributed by atoms with Crippen molar-refractivity contribution in [3.8, 4) is 0 Å². The lowest BCUT2D eigenvalue weighted by Crippen LogP contribution is -2.32. The third-order valence-corrected chi connectivity index (χ3v) is 4.53. The monoisotopic (exact) mass is 382 g/mol. The van der Waals surface area contributed by atoms with Crippen LogP contribution in [0.4, 0.5) is 5.69 Å². The van der Waals surface area contributed by atoms with Gasteiger partial charge in [-0.1, -0.05) is 34.7 Å². The Kier molecular flexibility index (Phi) is 6.58. The summed E-state index contributed by atoms with van der Waals surface area (Å²) in [7, 11) is -1.07. The maximum atomic E-state index is 11.5. The van der Waals surface area contributed by atoms with Gasteiger partial charge in [0.2, 0.25) is 0 Å². The average molecular weight is 382 g/mol. The second-order valence-corrected chi connectivity index (χ2v) is 6.07. The highest BCUT2D eigenvalue weighted by Crippen LogP contribution is 2.11. The molecular formula is C11H15IN2O3S. The number of rotatable bonds is 7. The van der Waals surface area contributed by atoms with Crippen molar-refractivity contribution in [3.63, 3.8) is 0 Å². The Bertz CT molecular complexity index is 425. The Hall–Kier alpha value is -0.670. The van der Waals surface area contributed by atoms with Crippen molar-refractivity contribution >= 4 is 45.2 Å². The summed E-state index contributed by atoms with van der Waals surface area (Å²) in [6.45, 7) is 0. The van der Waals surface area contributed by atoms with Crippen LogP contribution in [0.15, 0.2) is 24.3 Å². The number of nitrogens with one attached hydrogen (secondary N) is 1. The first kappa shape index (κ1) is 15.4. The smallest absolute Gasteiger partial charge is 0.320 e. The van der Waals surface area contributed by atoms with Crippen LogP contribution in [0.2, 0.25) is 0 Å². The fraction of sp³-hybridized carbons (Fsp3) is 0.364. The lowest BCUT2D eigenvalue weighted by molar-refractivity contribution is -0.138. The highest BCUT2D eigenvalue weighted by Gasteiger charge is 2.11. The third kappa shape index (κ3) is 5.32. The number of carboxylic acid groups (broad SMARTS) is 1. The minimum Gasteiger partial charge on any atom is -0.480 e. The van der Waals surface area contributed by atoms with E-state index >= 15 is 0 Å². The summed E-state index contributed by atoms with van der Waals surface area (Å²) in [6.07, 6.45) is 0.284. The van der Waals surface area contributed by atoms with Gasteiger partial charge < -0.3 is 15.6 Å². The Balaban J connectivity index is 2.57. The van der Waals surface area contributed by atoms with Crippen LogP contribution in [0.5, 0.6) is 0 Å². The summed E-state index contributed by atoms with van der Waals surface area (Å²) in [6, 6.07) is 6.22. The minimum absolute atomic E-state index is 0.284. The number of hydrogen-bond donors (Lipinski definition) is 3. The van der Waals surface area contributed by atoms with Crippen LogP contribution in [0.3, 0.4) is 0 Å². The molecule has 0 aromatic heterocycles. The number of anilines is 1. The van der Waals surface area contributed by atoms with E-state index in [1.807, 2.05) is 0 Å². The second-order valence-electron chi connectivity index (χ2n) is 3.69. The van der Waals surface area contributed by atoms with Crippen LogP contribution in [-0.4, -0.2) is 31.5 Å². The van der Waals surface area contributed by atoms with E-state index in [4.69, 9.17) is 10.8 Å². The fourth-order valence-corrected chi connectivity index (χ4v) is 3.14. The Morgan fingerprint density at radius 3 is 2.56 bits per heavy atom. The first-order valence-electron chi connectivity index (χ1n) is 5.31. The van der Waals surface area contributed by atoms with Gasteiger partial charge in [-0.25, -0.2) is 4.21 Å². The molecule has 0 amide bonds. The molecule has 0 radical (unpaired) electrons. The zero-order valence-corrected chi connectivity index (χ0v) is 12.6. The Morgan fingerprint density at radius 1 is 1.44 bits per heavy atom. The number of carbonyl (C=O) groups is 1. The second kappa shape index (κ2) is 7.70. The lowest BCUT2D eigenvalue weighted by atomic mass is 10.1. The standard InChI is InChI=1S/C11H15IN2O3S/c12-5-6-18(17)14-9-3-1-8(2-4-9)7-10(13)11(15)16/h1-4,10,14H,5-7,13H2,(H,15,16)/t10-,18?/m0/s1. The topological polar surface area (TPSA) is 92.4 Å². The molecule has 100 valence electrons. The summed E-state index contributed by atoms with van der Waals surface area (Å²) in [5, 5.41) is 8.70. The van der Waals surface area contributed by atoms with Crippen molar-refractivity contribution in [3.05, 3.63) is 29.8 Å². The number of halogens is 1. The molecule has 0 spiro atoms. The molecule has 1 aromatic rings. The molecule has 5 nitrogen and oxygen atoms in total. The molecule has 0 aliphatic heterocycles. The number of aliphatic carboxylic acids is 1. The predicted octanol–water partition coefficient (Wildman–Crippen LogP) is 1.15. The molecule has 1 aromatic carbocycles. The van der Waals surface area contributed by atoms with Crippen molar-refractivity contribution in [1.29, 1.82) is 0 Å². The van der Waals surface area contributed by atoms with E-state index in [9.17, 15) is 9.00 Å². The van der Waals surface area contributed by atoms with E-state index in [1.54, 1.807) is 24.3 Å². The normalized spacial score (nSPS) is 13.9. The van der Waals surface area contributed by atoms with Crippen molar-refractivity contribution in [2.75, 3.05) is 14.9 Å². The van der Waals surface area contributed by atoms with E-state index < -0.39 is 23.0 Å². The number of nitrogens with two attached hydrogens (primary N) is 1. The highest BCUT2D eigenvalue weighted by atomic mass is 127. The molecule has 4 N–H and O–H groups in total. The molecule has 0 aliphatic rings. The van der Waals surface area contributed by atoms with Crippen LogP contribution in [0.25, 0.3) is 0 Å². The van der Waals surface area contributed by atoms with Gasteiger partial charge in [-0.2, -0.15) is 0 Å². The van der Waals surface area contributed by atoms with Crippen LogP contribution in [-0.2, 0) is 22.2 Å². The largest absolute Gasteiger partial charge is 0.480 e. The van der Waals surface area contributed by atoms with Gasteiger partial charge in [-0.3, -0.25) is 4.79 Å². The van der Waals surface area contributed by atoms with E-state index in [-0.39, 0.29) is 6.42 Å². The first-order chi connectivity index (χ1) is 8.52. The van der Waals surface area contributed by atoms with Gasteiger partial charge in [0.25, 0.3) is 0 Å². The molecule has 1 unspecified atom stereocenters. The summed E-state index contributed by atoms with van der Waals surface area (Å²) >= 11 is 2.17. The van der Waals surface area contributed by atoms with Crippen LogP contribution < -0.4 is 10.5 Å². The minimum atomic E-state index is -1.07. The van der Waals surface area contributed by atoms with Crippen molar-refractivity contribution in [2.45, 2.75) is 12.5 Å². The maximum absolute atomic E-state index is 11.5. The van der Waals surface area contributed by atoms with Gasteiger partial charge in [-0.05, 0) is 24.1 Å². The Morgan fingerprint density at radius 2 is 2.06 bits per heavy atom. The van der Waals surface area contributed by atoms with Gasteiger partial charge in [0.1, 0.15) is 17.0 Å². The zero-order chi connectivity index (χ0) is 13.5. The van der Waals surface area contributed by atoms with E-state index in [0.29, 0.717) is 5.75 Å². The number of alkyl halides is 1. The van der Waals surface area contributed by atoms with Gasteiger partial charge in [0, 0.05) is 10.1 Å². The summed E-state index contributed by atoms with van der Waals surface area (Å²) in [5.74, 6) is -0.424. The van der Waals surface area contributed by atoms with Gasteiger partial charge >= 0.3 is 5.97 Å². The average Bonchev–Trinajstić information content (AvgIpc) is 2.31. The van der Waals surface area contributed by atoms with Crippen molar-refractivity contribution in [1.82, 2.24) is 0 Å². The molecule has 0 fully saturated rings. The zero-order valence-electron chi connectivity index (χ0n) is 9.64. The lowest BCUT2D eigenvalue weighted by Gasteiger charge is -2.08. The third-order valence-electron chi connectivity index (χ3n) is 2.22. The fourth-order valence-electron chi connectivity index (χ4n) is 1.30. The van der Waals surface area contributed by atoms with Gasteiger partial charge in [-0.15, -0.1) is 0 Å². The number of benzene rings is 1. The Labute approximate surface area is 122 Å². The van der Waals surface area contributed by atoms with E-state index in [2.05, 4.69) is 27.3 Å². The van der Waals surface area contributed by atoms with Gasteiger partial charge in [0.05, 0.1) is 5.75 Å². The molecular weight excluding hydrogens is 367 g/mol. The molecule has 0 saturated heterocycles. The predicted molar refractivity (Wildman–Crippen MR) is 81.3 cm³/mol. The SMILES string of the molecule is N[C@@H](Cc1ccc(NS(=O)CCI)cc1)C(=O)O. The van der Waals surface area contributed by atoms with E-state index in [0.717, 1.165) is 15.7 Å². The molecule has 0 bridgehead atoms. The number of carboxylic acids is 1. The van der Waals surface area contributed by atoms with Crippen LogP contribution >= 0.6 is 22.6 Å². The molecule has 0 aliphatic carbocycles. The van der Waals surface area contributed by atoms with E-state index in [1.165, 1.54) is 0 Å². The number of hydrogen-bond acceptors (Lipinski definition) is 3. The summed E-state index contributed by atoms with van der Waals surface area (Å²) in [5.41, 5.74) is 7.04. The molecule has 1 rings (SSSR count). The van der Waals surface area contributed by atoms with Crippen LogP contribution in [0.1, 0.15) is 5.56 Å². The molecule has 18 heavy (non-hydrogen) atoms. The summed E-state index contributed by atoms with van der Waals surface area (Å²) < 4.78 is 15.2. The molecule has 2 atom stereocenters. The summed E-state index contributed by atoms with van der Waals surface area (Å²) in [4.78, 5) is 10.6. The molecule has 0 heterocycles. The highest BCUT2D eigenvalue weighted by molar-refractivity contribution is 14.1. The van der Waals surface area contributed by atoms with Gasteiger partial charge in [0.15, 0.2) is 0 Å². The maximum Gasteiger partial charge on any atom is 0.320 e. The molecule has 0 saturated carbocycles. The quantitative estimate of drug-likeness (QED) is 0.487. The van der Waals surface area contributed by atoms with Crippen LogP contribution in [0, 0.1) is 0 Å².